The maximum absolute atomic E-state index is 14.6. The van der Waals surface area contributed by atoms with E-state index >= 15 is 0 Å². The van der Waals surface area contributed by atoms with Crippen LogP contribution in [0.15, 0.2) is 34.1 Å². The summed E-state index contributed by atoms with van der Waals surface area (Å²) < 4.78 is 25.7. The maximum atomic E-state index is 14.6. The molecule has 1 saturated heterocycles. The molecule has 1 aromatic heterocycles. The van der Waals surface area contributed by atoms with E-state index in [1.807, 2.05) is 0 Å². The molecule has 0 spiro atoms. The van der Waals surface area contributed by atoms with Crippen LogP contribution in [0.3, 0.4) is 0 Å². The van der Waals surface area contributed by atoms with Crippen LogP contribution in [0.1, 0.15) is 19.3 Å². The van der Waals surface area contributed by atoms with Gasteiger partial charge in [-0.25, -0.2) is 9.18 Å². The summed E-state index contributed by atoms with van der Waals surface area (Å²) in [5.74, 6) is -1.40. The van der Waals surface area contributed by atoms with E-state index in [0.29, 0.717) is 24.5 Å². The van der Waals surface area contributed by atoms with Crippen LogP contribution in [0.4, 0.5) is 20.6 Å². The fraction of sp³-hybridized carbons (Fsp3) is 0.350. The quantitative estimate of drug-likeness (QED) is 0.638. The van der Waals surface area contributed by atoms with Gasteiger partial charge < -0.3 is 25.0 Å². The molecular weight excluding hydrogens is 493 g/mol. The molecule has 0 atom stereocenters. The van der Waals surface area contributed by atoms with Gasteiger partial charge in [-0.3, -0.25) is 9.59 Å². The first-order chi connectivity index (χ1) is 14.9. The Morgan fingerprint density at radius 1 is 1.26 bits per heavy atom. The topological polar surface area (TPSA) is 97.0 Å². The van der Waals surface area contributed by atoms with E-state index in [1.165, 1.54) is 28.4 Å². The second-order valence-corrected chi connectivity index (χ2v) is 9.65. The first kappa shape index (κ1) is 21.7. The minimum atomic E-state index is -1.11. The third kappa shape index (κ3) is 4.73. The summed E-state index contributed by atoms with van der Waals surface area (Å²) in [4.78, 5) is 38.4. The number of nitrogens with zero attached hydrogens (tertiary/aromatic N) is 1. The van der Waals surface area contributed by atoms with Gasteiger partial charge >= 0.3 is 6.09 Å². The summed E-state index contributed by atoms with van der Waals surface area (Å²) in [6.07, 6.45) is 0.942. The van der Waals surface area contributed by atoms with Crippen molar-refractivity contribution in [3.63, 3.8) is 0 Å². The van der Waals surface area contributed by atoms with Crippen LogP contribution in [0.5, 0.6) is 5.06 Å². The lowest BCUT2D eigenvalue weighted by atomic mass is 9.76. The first-order valence-corrected chi connectivity index (χ1v) is 11.2. The van der Waals surface area contributed by atoms with Gasteiger partial charge in [0.05, 0.1) is 16.1 Å². The molecule has 0 unspecified atom stereocenters. The second kappa shape index (κ2) is 8.93. The lowest BCUT2D eigenvalue weighted by Crippen LogP contribution is -2.61. The van der Waals surface area contributed by atoms with Crippen LogP contribution in [0, 0.1) is 5.82 Å². The highest BCUT2D eigenvalue weighted by molar-refractivity contribution is 9.11. The molecule has 164 valence electrons. The summed E-state index contributed by atoms with van der Waals surface area (Å²) in [6, 6.07) is 7.52. The highest BCUT2D eigenvalue weighted by Crippen LogP contribution is 2.34. The molecule has 11 heteroatoms. The van der Waals surface area contributed by atoms with Crippen molar-refractivity contribution >= 4 is 56.5 Å². The average molecular weight is 512 g/mol. The fourth-order valence-corrected chi connectivity index (χ4v) is 4.62. The summed E-state index contributed by atoms with van der Waals surface area (Å²) in [5, 5.41) is 5.70. The Balaban J connectivity index is 1.42. The molecule has 1 aromatic carbocycles. The zero-order valence-electron chi connectivity index (χ0n) is 16.3. The molecule has 1 aliphatic carbocycles. The fourth-order valence-electron chi connectivity index (χ4n) is 3.43. The van der Waals surface area contributed by atoms with E-state index in [9.17, 15) is 18.8 Å². The number of carbonyl (C=O) groups is 3. The molecule has 0 radical (unpaired) electrons. The van der Waals surface area contributed by atoms with E-state index < -0.39 is 23.4 Å². The Hall–Kier alpha value is -2.50. The summed E-state index contributed by atoms with van der Waals surface area (Å²) in [5.41, 5.74) is -0.745. The van der Waals surface area contributed by atoms with Crippen molar-refractivity contribution in [2.45, 2.75) is 24.8 Å². The molecule has 1 saturated carbocycles. The van der Waals surface area contributed by atoms with Crippen LogP contribution in [0.25, 0.3) is 0 Å². The first-order valence-electron chi connectivity index (χ1n) is 9.61. The van der Waals surface area contributed by atoms with E-state index in [-0.39, 0.29) is 30.4 Å². The highest BCUT2D eigenvalue weighted by atomic mass is 79.9. The zero-order chi connectivity index (χ0) is 22.0. The van der Waals surface area contributed by atoms with Crippen molar-refractivity contribution in [2.24, 2.45) is 0 Å². The van der Waals surface area contributed by atoms with Gasteiger partial charge in [-0.05, 0) is 65.5 Å². The number of morpholine rings is 1. The predicted octanol–water partition coefficient (Wildman–Crippen LogP) is 3.66. The van der Waals surface area contributed by atoms with Crippen LogP contribution in [-0.2, 0) is 14.3 Å². The number of thiophene rings is 1. The summed E-state index contributed by atoms with van der Waals surface area (Å²) in [6.45, 7) is 0.498. The zero-order valence-corrected chi connectivity index (χ0v) is 18.7. The van der Waals surface area contributed by atoms with Crippen molar-refractivity contribution in [1.82, 2.24) is 5.32 Å². The molecule has 0 bridgehead atoms. The van der Waals surface area contributed by atoms with E-state index in [1.54, 1.807) is 12.1 Å². The van der Waals surface area contributed by atoms with E-state index in [4.69, 9.17) is 9.47 Å². The monoisotopic (exact) mass is 511 g/mol. The SMILES string of the molecule is O=C(NC1(C(=O)Nc2ccc(N3CCOCC3=O)c(F)c2)CCC1)Oc1ccc(Br)s1. The standard InChI is InChI=1S/C20H19BrFN3O5S/c21-15-4-5-17(31-15)30-19(28)24-20(6-1-7-20)18(27)23-12-2-3-14(13(22)10-12)25-8-9-29-11-16(25)26/h2-5,10H,1,6-9,11H2,(H,23,27)(H,24,28). The lowest BCUT2D eigenvalue weighted by Gasteiger charge is -2.40. The molecule has 8 nitrogen and oxygen atoms in total. The Bertz CT molecular complexity index is 1030. The number of benzene rings is 1. The average Bonchev–Trinajstić information content (AvgIpc) is 3.10. The highest BCUT2D eigenvalue weighted by Gasteiger charge is 2.46. The number of carbonyl (C=O) groups excluding carboxylic acids is 3. The molecule has 1 aliphatic heterocycles. The third-order valence-corrected chi connectivity index (χ3v) is 6.71. The van der Waals surface area contributed by atoms with Gasteiger partial charge in [-0.2, -0.15) is 0 Å². The minimum Gasteiger partial charge on any atom is -0.399 e. The van der Waals surface area contributed by atoms with Gasteiger partial charge in [0, 0.05) is 12.2 Å². The molecule has 4 rings (SSSR count). The molecular formula is C20H19BrFN3O5S. The lowest BCUT2D eigenvalue weighted by molar-refractivity contribution is -0.126. The third-order valence-electron chi connectivity index (χ3n) is 5.21. The van der Waals surface area contributed by atoms with Crippen molar-refractivity contribution in [3.8, 4) is 5.06 Å². The number of hydrogen-bond donors (Lipinski definition) is 2. The number of rotatable bonds is 5. The van der Waals surface area contributed by atoms with Gasteiger partial charge in [-0.1, -0.05) is 11.3 Å². The number of nitrogens with one attached hydrogen (secondary N) is 2. The molecule has 3 amide bonds. The predicted molar refractivity (Wildman–Crippen MR) is 116 cm³/mol. The molecule has 2 heterocycles. The van der Waals surface area contributed by atoms with Crippen LogP contribution >= 0.6 is 27.3 Å². The van der Waals surface area contributed by atoms with Gasteiger partial charge in [0.25, 0.3) is 5.91 Å². The number of anilines is 2. The summed E-state index contributed by atoms with van der Waals surface area (Å²) in [7, 11) is 0. The van der Waals surface area contributed by atoms with Gasteiger partial charge in [-0.15, -0.1) is 0 Å². The van der Waals surface area contributed by atoms with E-state index in [2.05, 4.69) is 26.6 Å². The molecule has 2 aromatic rings. The number of halogens is 2. The molecule has 31 heavy (non-hydrogen) atoms. The van der Waals surface area contributed by atoms with Crippen molar-refractivity contribution < 1.29 is 28.2 Å². The van der Waals surface area contributed by atoms with Gasteiger partial charge in [0.2, 0.25) is 5.91 Å². The van der Waals surface area contributed by atoms with Gasteiger partial charge in [0.15, 0.2) is 5.06 Å². The van der Waals surface area contributed by atoms with Crippen molar-refractivity contribution in [1.29, 1.82) is 0 Å². The van der Waals surface area contributed by atoms with Crippen molar-refractivity contribution in [2.75, 3.05) is 30.0 Å². The number of ether oxygens (including phenoxy) is 2. The van der Waals surface area contributed by atoms with Crippen LogP contribution < -0.4 is 20.3 Å². The number of hydrogen-bond acceptors (Lipinski definition) is 6. The maximum Gasteiger partial charge on any atom is 0.414 e. The van der Waals surface area contributed by atoms with Crippen LogP contribution in [0.2, 0.25) is 0 Å². The minimum absolute atomic E-state index is 0.0926. The Morgan fingerprint density at radius 2 is 2.06 bits per heavy atom. The Labute approximate surface area is 189 Å². The van der Waals surface area contributed by atoms with Crippen molar-refractivity contribution in [3.05, 3.63) is 39.9 Å². The summed E-state index contributed by atoms with van der Waals surface area (Å²) >= 11 is 4.54. The number of amides is 3. The van der Waals surface area contributed by atoms with E-state index in [0.717, 1.165) is 16.3 Å². The Morgan fingerprint density at radius 3 is 2.68 bits per heavy atom. The van der Waals surface area contributed by atoms with Gasteiger partial charge in [0.1, 0.15) is 18.0 Å². The largest absolute Gasteiger partial charge is 0.414 e. The smallest absolute Gasteiger partial charge is 0.399 e. The Kier molecular flexibility index (Phi) is 6.26. The second-order valence-electron chi connectivity index (χ2n) is 7.23. The molecule has 2 fully saturated rings. The van der Waals surface area contributed by atoms with Crippen LogP contribution in [-0.4, -0.2) is 43.2 Å². The molecule has 2 aliphatic rings. The normalized spacial score (nSPS) is 17.6. The molecule has 2 N–H and O–H groups in total.